The average molecular weight is 297 g/mol. The van der Waals surface area contributed by atoms with Crippen molar-refractivity contribution in [1.82, 2.24) is 0 Å². The van der Waals surface area contributed by atoms with Crippen molar-refractivity contribution in [2.45, 2.75) is 65.0 Å². The highest BCUT2D eigenvalue weighted by Crippen LogP contribution is 2.71. The van der Waals surface area contributed by atoms with Gasteiger partial charge in [-0.2, -0.15) is 8.78 Å². The molecule has 0 rings (SSSR count). The summed E-state index contributed by atoms with van der Waals surface area (Å²) in [7, 11) is -2.74. The molecule has 0 bridgehead atoms. The van der Waals surface area contributed by atoms with E-state index >= 15 is 0 Å². The number of aliphatic carboxylic acids is 1. The summed E-state index contributed by atoms with van der Waals surface area (Å²) in [5.41, 5.74) is -3.51. The normalized spacial score (nSPS) is 12.7. The molecule has 0 spiro atoms. The minimum Gasteiger partial charge on any atom is -0.474 e. The molecule has 0 heterocycles. The van der Waals surface area contributed by atoms with E-state index in [2.05, 4.69) is 0 Å². The molecule has 0 aromatic carbocycles. The van der Waals surface area contributed by atoms with Crippen LogP contribution in [-0.4, -0.2) is 35.2 Å². The van der Waals surface area contributed by atoms with Gasteiger partial charge in [0.05, 0.1) is 18.5 Å². The summed E-state index contributed by atoms with van der Waals surface area (Å²) in [4.78, 5) is 11.0. The number of halogens is 2. The molecule has 0 aliphatic heterocycles. The minimum atomic E-state index is -3.51. The van der Waals surface area contributed by atoms with Gasteiger partial charge in [0, 0.05) is 0 Å². The lowest BCUT2D eigenvalue weighted by molar-refractivity contribution is -0.153. The number of hydrogen-bond donors (Lipinski definition) is 1. The summed E-state index contributed by atoms with van der Waals surface area (Å²) >= 11 is 0. The Balaban J connectivity index is 5.24. The van der Waals surface area contributed by atoms with Crippen LogP contribution in [0.5, 0.6) is 0 Å². The molecular weight excluding hydrogens is 269 g/mol. The first-order valence-corrected chi connectivity index (χ1v) is 9.69. The Morgan fingerprint density at radius 3 is 1.47 bits per heavy atom. The van der Waals surface area contributed by atoms with Gasteiger partial charge in [-0.05, 0) is 19.3 Å². The lowest BCUT2D eigenvalue weighted by Gasteiger charge is -2.31. The van der Waals surface area contributed by atoms with E-state index in [-0.39, 0.29) is 0 Å². The van der Waals surface area contributed by atoms with Crippen LogP contribution in [0, 0.1) is 0 Å². The van der Waals surface area contributed by atoms with E-state index in [4.69, 9.17) is 5.11 Å². The van der Waals surface area contributed by atoms with E-state index in [1.165, 1.54) is 0 Å². The van der Waals surface area contributed by atoms with E-state index in [0.29, 0.717) is 37.7 Å². The molecule has 5 heteroatoms. The number of carboxylic acids is 1. The van der Waals surface area contributed by atoms with Gasteiger partial charge in [0.2, 0.25) is 0 Å². The van der Waals surface area contributed by atoms with Crippen LogP contribution in [0.3, 0.4) is 0 Å². The van der Waals surface area contributed by atoms with Crippen molar-refractivity contribution in [3.05, 3.63) is 0 Å². The average Bonchev–Trinajstić information content (AvgIpc) is 2.37. The van der Waals surface area contributed by atoms with Crippen molar-refractivity contribution in [1.29, 1.82) is 0 Å². The van der Waals surface area contributed by atoms with E-state index in [1.807, 2.05) is 20.8 Å². The molecule has 0 atom stereocenters. The van der Waals surface area contributed by atoms with Gasteiger partial charge in [0.25, 0.3) is 0 Å². The van der Waals surface area contributed by atoms with E-state index in [1.54, 1.807) is 0 Å². The Labute approximate surface area is 116 Å². The molecule has 19 heavy (non-hydrogen) atoms. The first-order chi connectivity index (χ1) is 8.88. The van der Waals surface area contributed by atoms with Crippen LogP contribution in [-0.2, 0) is 4.79 Å². The van der Waals surface area contributed by atoms with Crippen molar-refractivity contribution in [2.24, 2.45) is 0 Å². The van der Waals surface area contributed by atoms with Crippen molar-refractivity contribution >= 4 is 13.2 Å². The van der Waals surface area contributed by atoms with Gasteiger partial charge in [0.1, 0.15) is 7.26 Å². The molecule has 0 aromatic heterocycles. The van der Waals surface area contributed by atoms with Crippen LogP contribution in [0.25, 0.3) is 0 Å². The monoisotopic (exact) mass is 297 g/mol. The van der Waals surface area contributed by atoms with Crippen LogP contribution in [0.1, 0.15) is 59.3 Å². The van der Waals surface area contributed by atoms with Gasteiger partial charge < -0.3 is 5.11 Å². The fourth-order valence-corrected chi connectivity index (χ4v) is 7.03. The second-order valence-corrected chi connectivity index (χ2v) is 9.42. The molecule has 2 nitrogen and oxygen atoms in total. The Hall–Kier alpha value is -0.240. The SMILES string of the molecule is CCCC[P+](CCCC)(CCCC)C(F)(F)C(=O)O. The van der Waals surface area contributed by atoms with Gasteiger partial charge in [0.15, 0.2) is 0 Å². The zero-order valence-corrected chi connectivity index (χ0v) is 13.3. The maximum Gasteiger partial charge on any atom is 0.449 e. The highest BCUT2D eigenvalue weighted by Gasteiger charge is 2.64. The molecule has 0 aliphatic rings. The first kappa shape index (κ1) is 18.8. The molecular formula is C14H28F2O2P+. The predicted octanol–water partition coefficient (Wildman–Crippen LogP) is 5.08. The van der Waals surface area contributed by atoms with Crippen molar-refractivity contribution in [2.75, 3.05) is 18.5 Å². The highest BCUT2D eigenvalue weighted by molar-refractivity contribution is 7.77. The van der Waals surface area contributed by atoms with Crippen molar-refractivity contribution in [3.63, 3.8) is 0 Å². The van der Waals surface area contributed by atoms with Gasteiger partial charge in [-0.15, -0.1) is 0 Å². The quantitative estimate of drug-likeness (QED) is 0.540. The van der Waals surface area contributed by atoms with Crippen LogP contribution >= 0.6 is 7.26 Å². The Bertz CT molecular complexity index is 248. The smallest absolute Gasteiger partial charge is 0.449 e. The van der Waals surface area contributed by atoms with E-state index in [0.717, 1.165) is 19.3 Å². The van der Waals surface area contributed by atoms with Crippen LogP contribution in [0.15, 0.2) is 0 Å². The summed E-state index contributed by atoms with van der Waals surface area (Å²) < 4.78 is 28.6. The molecule has 114 valence electrons. The largest absolute Gasteiger partial charge is 0.474 e. The zero-order chi connectivity index (χ0) is 14.9. The Morgan fingerprint density at radius 1 is 0.947 bits per heavy atom. The zero-order valence-electron chi connectivity index (χ0n) is 12.4. The van der Waals surface area contributed by atoms with E-state index < -0.39 is 18.9 Å². The lowest BCUT2D eigenvalue weighted by atomic mass is 10.4. The molecule has 0 radical (unpaired) electrons. The second kappa shape index (κ2) is 8.84. The fourth-order valence-electron chi connectivity index (χ4n) is 2.34. The molecule has 0 amide bonds. The van der Waals surface area contributed by atoms with Gasteiger partial charge in [-0.3, -0.25) is 0 Å². The lowest BCUT2D eigenvalue weighted by Crippen LogP contribution is -2.36. The highest BCUT2D eigenvalue weighted by atomic mass is 31.2. The topological polar surface area (TPSA) is 37.3 Å². The summed E-state index contributed by atoms with van der Waals surface area (Å²) in [5.74, 6) is -1.91. The molecule has 1 N–H and O–H groups in total. The van der Waals surface area contributed by atoms with Crippen molar-refractivity contribution < 1.29 is 18.7 Å². The molecule has 0 aliphatic carbocycles. The van der Waals surface area contributed by atoms with Crippen LogP contribution in [0.4, 0.5) is 8.78 Å². The third-order valence-electron chi connectivity index (χ3n) is 3.67. The van der Waals surface area contributed by atoms with Gasteiger partial charge in [-0.1, -0.05) is 40.0 Å². The fraction of sp³-hybridized carbons (Fsp3) is 0.929. The summed E-state index contributed by atoms with van der Waals surface area (Å²) in [6.45, 7) is 5.90. The number of unbranched alkanes of at least 4 members (excludes halogenated alkanes) is 3. The van der Waals surface area contributed by atoms with Gasteiger partial charge in [-0.25, -0.2) is 4.79 Å². The molecule has 0 fully saturated rings. The summed E-state index contributed by atoms with van der Waals surface area (Å²) in [6, 6.07) is 0. The minimum absolute atomic E-state index is 0.419. The van der Waals surface area contributed by atoms with Crippen molar-refractivity contribution in [3.8, 4) is 0 Å². The molecule has 0 aromatic rings. The van der Waals surface area contributed by atoms with Gasteiger partial charge >= 0.3 is 11.6 Å². The van der Waals surface area contributed by atoms with Crippen LogP contribution in [0.2, 0.25) is 0 Å². The third kappa shape index (κ3) is 4.98. The second-order valence-electron chi connectivity index (χ2n) is 5.22. The maximum atomic E-state index is 14.3. The summed E-state index contributed by atoms with van der Waals surface area (Å²) in [5, 5.41) is 8.95. The molecule has 0 saturated heterocycles. The Morgan fingerprint density at radius 2 is 1.26 bits per heavy atom. The number of carbonyl (C=O) groups is 1. The van der Waals surface area contributed by atoms with E-state index in [9.17, 15) is 13.6 Å². The first-order valence-electron chi connectivity index (χ1n) is 7.35. The Kier molecular flexibility index (Phi) is 8.73. The number of carboxylic acid groups (broad SMARTS) is 1. The predicted molar refractivity (Wildman–Crippen MR) is 78.8 cm³/mol. The third-order valence-corrected chi connectivity index (χ3v) is 8.57. The summed E-state index contributed by atoms with van der Waals surface area (Å²) in [6.07, 6.45) is 5.92. The molecule has 0 unspecified atom stereocenters. The standard InChI is InChI=1S/C14H27F2O2P/c1-4-7-10-19(11-8-5-2,12-9-6-3)14(15,16)13(17)18/h4-12H2,1-3H3/p+1. The molecule has 0 saturated carbocycles. The van der Waals surface area contributed by atoms with Crippen LogP contribution < -0.4 is 0 Å². The number of alkyl halides is 2. The number of hydrogen-bond acceptors (Lipinski definition) is 1. The maximum absolute atomic E-state index is 14.3. The number of rotatable bonds is 11.